The number of carbonyl (C=O) groups is 4. The van der Waals surface area contributed by atoms with Crippen LogP contribution in [0.2, 0.25) is 0 Å². The summed E-state index contributed by atoms with van der Waals surface area (Å²) in [5.74, 6) is 0.222. The molecule has 0 radical (unpaired) electrons. The second kappa shape index (κ2) is 13.0. The molecule has 4 atom stereocenters. The summed E-state index contributed by atoms with van der Waals surface area (Å²) >= 11 is 0. The van der Waals surface area contributed by atoms with E-state index in [1.54, 1.807) is 27.7 Å². The molecule has 0 saturated carbocycles. The summed E-state index contributed by atoms with van der Waals surface area (Å²) in [5.41, 5.74) is 0. The van der Waals surface area contributed by atoms with Crippen molar-refractivity contribution >= 4 is 23.1 Å². The van der Waals surface area contributed by atoms with Crippen molar-refractivity contribution in [3.8, 4) is 0 Å². The number of carbonyl (C=O) groups excluding carboxylic acids is 4. The zero-order chi connectivity index (χ0) is 22.0. The molecule has 1 saturated heterocycles. The number of Topliss-reactive ketones (excluding diaryl/α,β-unsaturated/α-hetero) is 4. The molecular weight excluding hydrogens is 372 g/mol. The Bertz CT molecular complexity index is 581. The fourth-order valence-electron chi connectivity index (χ4n) is 3.77. The molecule has 0 spiro atoms. The maximum absolute atomic E-state index is 12.1. The molecule has 0 aromatic carbocycles. The zero-order valence-corrected chi connectivity index (χ0v) is 18.5. The van der Waals surface area contributed by atoms with Crippen molar-refractivity contribution in [3.05, 3.63) is 0 Å². The second-order valence-corrected chi connectivity index (χ2v) is 8.11. The Hall–Kier alpha value is -1.48. The average Bonchev–Trinajstić information content (AvgIpc) is 2.62. The lowest BCUT2D eigenvalue weighted by molar-refractivity contribution is -0.122. The van der Waals surface area contributed by atoms with Crippen LogP contribution in [0, 0.1) is 0 Å². The highest BCUT2D eigenvalue weighted by Gasteiger charge is 2.24. The Labute approximate surface area is 174 Å². The van der Waals surface area contributed by atoms with Gasteiger partial charge in [0.25, 0.3) is 0 Å². The first-order chi connectivity index (χ1) is 13.6. The summed E-state index contributed by atoms with van der Waals surface area (Å²) in [6.07, 6.45) is 2.33. The predicted octanol–water partition coefficient (Wildman–Crippen LogP) is 0.0914. The lowest BCUT2D eigenvalue weighted by Gasteiger charge is -2.29. The summed E-state index contributed by atoms with van der Waals surface area (Å²) in [6.45, 7) is 8.47. The highest BCUT2D eigenvalue weighted by atomic mass is 16.1. The first-order valence-electron chi connectivity index (χ1n) is 10.6. The highest BCUT2D eigenvalue weighted by Crippen LogP contribution is 2.08. The number of likely N-dealkylation sites (N-methyl/N-ethyl adjacent to an activating group) is 1. The molecule has 0 aliphatic carbocycles. The van der Waals surface area contributed by atoms with Crippen LogP contribution in [-0.4, -0.2) is 85.4 Å². The van der Waals surface area contributed by atoms with Crippen LogP contribution < -0.4 is 16.0 Å². The SMILES string of the molecule is CC(=O)C1CCNC(C(C)=O)CCN(C)C(C(C)=O)CCNC(C(C)=O)CCN1. The van der Waals surface area contributed by atoms with Gasteiger partial charge in [-0.05, 0) is 80.1 Å². The van der Waals surface area contributed by atoms with Crippen molar-refractivity contribution in [2.75, 3.05) is 33.2 Å². The number of hydrogen-bond donors (Lipinski definition) is 3. The van der Waals surface area contributed by atoms with Crippen molar-refractivity contribution in [2.45, 2.75) is 77.5 Å². The van der Waals surface area contributed by atoms with Crippen LogP contribution in [0.25, 0.3) is 0 Å². The van der Waals surface area contributed by atoms with Crippen molar-refractivity contribution < 1.29 is 19.2 Å². The summed E-state index contributed by atoms with van der Waals surface area (Å²) in [7, 11) is 1.89. The van der Waals surface area contributed by atoms with Gasteiger partial charge in [0.15, 0.2) is 0 Å². The van der Waals surface area contributed by atoms with Gasteiger partial charge in [0, 0.05) is 6.54 Å². The van der Waals surface area contributed by atoms with E-state index in [1.165, 1.54) is 0 Å². The van der Waals surface area contributed by atoms with Crippen molar-refractivity contribution in [1.29, 1.82) is 0 Å². The first-order valence-corrected chi connectivity index (χ1v) is 10.6. The molecule has 1 fully saturated rings. The van der Waals surface area contributed by atoms with Gasteiger partial charge in [0.2, 0.25) is 0 Å². The summed E-state index contributed by atoms with van der Waals surface area (Å²) in [6, 6.07) is -1.16. The Morgan fingerprint density at radius 3 is 1.38 bits per heavy atom. The fraction of sp³-hybridized carbons (Fsp3) is 0.810. The van der Waals surface area contributed by atoms with Gasteiger partial charge in [-0.3, -0.25) is 24.1 Å². The molecule has 8 nitrogen and oxygen atoms in total. The van der Waals surface area contributed by atoms with Gasteiger partial charge >= 0.3 is 0 Å². The van der Waals surface area contributed by atoms with Crippen LogP contribution in [0.15, 0.2) is 0 Å². The van der Waals surface area contributed by atoms with Crippen molar-refractivity contribution in [2.24, 2.45) is 0 Å². The lowest BCUT2D eigenvalue weighted by atomic mass is 10.0. The van der Waals surface area contributed by atoms with Gasteiger partial charge in [0.05, 0.1) is 24.2 Å². The van der Waals surface area contributed by atoms with Gasteiger partial charge in [-0.1, -0.05) is 0 Å². The number of nitrogens with zero attached hydrogens (tertiary/aromatic N) is 1. The fourth-order valence-corrected chi connectivity index (χ4v) is 3.77. The molecule has 4 unspecified atom stereocenters. The minimum absolute atomic E-state index is 0.0451. The monoisotopic (exact) mass is 410 g/mol. The molecule has 1 rings (SSSR count). The van der Waals surface area contributed by atoms with E-state index in [0.717, 1.165) is 0 Å². The van der Waals surface area contributed by atoms with Crippen LogP contribution >= 0.6 is 0 Å². The van der Waals surface area contributed by atoms with E-state index in [-0.39, 0.29) is 47.3 Å². The second-order valence-electron chi connectivity index (χ2n) is 8.11. The molecule has 0 bridgehead atoms. The van der Waals surface area contributed by atoms with Gasteiger partial charge < -0.3 is 16.0 Å². The molecule has 8 heteroatoms. The van der Waals surface area contributed by atoms with E-state index in [4.69, 9.17) is 0 Å². The summed E-state index contributed by atoms with van der Waals surface area (Å²) in [5, 5.41) is 9.75. The van der Waals surface area contributed by atoms with Gasteiger partial charge in [-0.2, -0.15) is 0 Å². The van der Waals surface area contributed by atoms with Crippen LogP contribution in [0.1, 0.15) is 53.4 Å². The predicted molar refractivity (Wildman–Crippen MR) is 113 cm³/mol. The van der Waals surface area contributed by atoms with E-state index in [1.807, 2.05) is 11.9 Å². The number of rotatable bonds is 4. The van der Waals surface area contributed by atoms with Gasteiger partial charge in [-0.25, -0.2) is 0 Å². The maximum atomic E-state index is 12.1. The van der Waals surface area contributed by atoms with E-state index in [2.05, 4.69) is 16.0 Å². The van der Waals surface area contributed by atoms with Crippen LogP contribution in [0.3, 0.4) is 0 Å². The first kappa shape index (κ1) is 25.6. The number of ketones is 4. The van der Waals surface area contributed by atoms with Crippen molar-refractivity contribution in [1.82, 2.24) is 20.9 Å². The molecule has 1 aliphatic rings. The molecule has 3 N–H and O–H groups in total. The van der Waals surface area contributed by atoms with Gasteiger partial charge in [0.1, 0.15) is 23.1 Å². The third-order valence-corrected chi connectivity index (χ3v) is 5.70. The van der Waals surface area contributed by atoms with Crippen LogP contribution in [0.4, 0.5) is 0 Å². The average molecular weight is 411 g/mol. The highest BCUT2D eigenvalue weighted by molar-refractivity contribution is 5.83. The number of nitrogens with one attached hydrogen (secondary N) is 3. The molecular formula is C21H38N4O4. The quantitative estimate of drug-likeness (QED) is 0.599. The third kappa shape index (κ3) is 9.25. The van der Waals surface area contributed by atoms with Gasteiger partial charge in [-0.15, -0.1) is 0 Å². The zero-order valence-electron chi connectivity index (χ0n) is 18.5. The Kier molecular flexibility index (Phi) is 11.4. The summed E-state index contributed by atoms with van der Waals surface area (Å²) < 4.78 is 0. The standard InChI is InChI=1S/C21H38N4O4/c1-14(26)18-7-11-23-20(16(3)28)9-13-25(5)21(17(4)29)8-12-24-19(15(2)27)6-10-22-18/h18-24H,6-13H2,1-5H3. The Morgan fingerprint density at radius 1 is 0.621 bits per heavy atom. The summed E-state index contributed by atoms with van der Waals surface area (Å²) in [4.78, 5) is 50.0. The minimum atomic E-state index is -0.305. The largest absolute Gasteiger partial charge is 0.307 e. The number of hydrogen-bond acceptors (Lipinski definition) is 8. The van der Waals surface area contributed by atoms with E-state index in [0.29, 0.717) is 51.9 Å². The van der Waals surface area contributed by atoms with Crippen molar-refractivity contribution in [3.63, 3.8) is 0 Å². The molecule has 1 aliphatic heterocycles. The van der Waals surface area contributed by atoms with Crippen LogP contribution in [-0.2, 0) is 19.2 Å². The minimum Gasteiger partial charge on any atom is -0.307 e. The topological polar surface area (TPSA) is 108 Å². The maximum Gasteiger partial charge on any atom is 0.146 e. The van der Waals surface area contributed by atoms with E-state index < -0.39 is 0 Å². The lowest BCUT2D eigenvalue weighted by Crippen LogP contribution is -2.47. The van der Waals surface area contributed by atoms with E-state index >= 15 is 0 Å². The molecule has 29 heavy (non-hydrogen) atoms. The molecule has 0 aromatic heterocycles. The molecule has 1 heterocycles. The third-order valence-electron chi connectivity index (χ3n) is 5.70. The molecule has 166 valence electrons. The normalized spacial score (nSPS) is 29.1. The van der Waals surface area contributed by atoms with Crippen LogP contribution in [0.5, 0.6) is 0 Å². The molecule has 0 aromatic rings. The van der Waals surface area contributed by atoms with E-state index in [9.17, 15) is 19.2 Å². The Morgan fingerprint density at radius 2 is 1.00 bits per heavy atom. The Balaban J connectivity index is 2.91. The smallest absolute Gasteiger partial charge is 0.146 e. The molecule has 0 amide bonds.